The van der Waals surface area contributed by atoms with E-state index < -0.39 is 0 Å². The second kappa shape index (κ2) is 6.88. The Kier molecular flexibility index (Phi) is 5.56. The van der Waals surface area contributed by atoms with Crippen molar-refractivity contribution < 1.29 is 18.9 Å². The van der Waals surface area contributed by atoms with Crippen molar-refractivity contribution in [3.63, 3.8) is 0 Å². The van der Waals surface area contributed by atoms with Crippen LogP contribution in [-0.2, 0) is 18.9 Å². The molecule has 0 amide bonds. The second-order valence-electron chi connectivity index (χ2n) is 2.68. The van der Waals surface area contributed by atoms with Gasteiger partial charge in [-0.1, -0.05) is 6.58 Å². The lowest BCUT2D eigenvalue weighted by molar-refractivity contribution is 0.0265. The zero-order valence-electron chi connectivity index (χ0n) is 7.74. The van der Waals surface area contributed by atoms with Crippen LogP contribution in [0, 0.1) is 0 Å². The molecule has 0 N–H and O–H groups in total. The summed E-state index contributed by atoms with van der Waals surface area (Å²) >= 11 is 0. The van der Waals surface area contributed by atoms with Gasteiger partial charge in [0.2, 0.25) is 0 Å². The molecule has 13 heavy (non-hydrogen) atoms. The monoisotopic (exact) mass is 188 g/mol. The number of hydrogen-bond acceptors (Lipinski definition) is 4. The van der Waals surface area contributed by atoms with E-state index in [2.05, 4.69) is 6.58 Å². The summed E-state index contributed by atoms with van der Waals surface area (Å²) in [6.07, 6.45) is 1.74. The Balaban J connectivity index is 1.65. The minimum absolute atomic E-state index is 0.337. The van der Waals surface area contributed by atoms with Gasteiger partial charge in [0.05, 0.1) is 39.3 Å². The third-order valence-corrected chi connectivity index (χ3v) is 1.54. The molecule has 1 aliphatic heterocycles. The minimum atomic E-state index is 0.337. The van der Waals surface area contributed by atoms with Crippen LogP contribution in [0.15, 0.2) is 12.8 Å². The zero-order valence-corrected chi connectivity index (χ0v) is 7.74. The first-order chi connectivity index (χ1) is 6.43. The molecule has 76 valence electrons. The van der Waals surface area contributed by atoms with Crippen molar-refractivity contribution in [2.24, 2.45) is 0 Å². The topological polar surface area (TPSA) is 40.2 Å². The molecule has 0 saturated carbocycles. The van der Waals surface area contributed by atoms with Gasteiger partial charge in [-0.3, -0.25) is 0 Å². The number of epoxide rings is 1. The normalized spacial score (nSPS) is 19.8. The second-order valence-corrected chi connectivity index (χ2v) is 2.68. The molecule has 1 saturated heterocycles. The molecule has 1 fully saturated rings. The van der Waals surface area contributed by atoms with Crippen molar-refractivity contribution >= 4 is 0 Å². The fourth-order valence-corrected chi connectivity index (χ4v) is 0.789. The van der Waals surface area contributed by atoms with Crippen LogP contribution in [0.25, 0.3) is 0 Å². The number of rotatable bonds is 9. The quantitative estimate of drug-likeness (QED) is 0.301. The van der Waals surface area contributed by atoms with Crippen molar-refractivity contribution in [1.82, 2.24) is 0 Å². The highest BCUT2D eigenvalue weighted by Gasteiger charge is 2.21. The van der Waals surface area contributed by atoms with Gasteiger partial charge in [-0.25, -0.2) is 0 Å². The minimum Gasteiger partial charge on any atom is -0.499 e. The van der Waals surface area contributed by atoms with Crippen LogP contribution >= 0.6 is 0 Å². The molecule has 1 atom stereocenters. The Bertz CT molecular complexity index is 134. The predicted molar refractivity (Wildman–Crippen MR) is 47.5 cm³/mol. The average molecular weight is 188 g/mol. The third-order valence-electron chi connectivity index (χ3n) is 1.54. The Hall–Kier alpha value is -0.580. The zero-order chi connectivity index (χ0) is 9.36. The lowest BCUT2D eigenvalue weighted by Gasteiger charge is -2.04. The summed E-state index contributed by atoms with van der Waals surface area (Å²) in [7, 11) is 0. The lowest BCUT2D eigenvalue weighted by atomic mass is 10.5. The molecule has 1 heterocycles. The molecule has 1 aliphatic rings. The van der Waals surface area contributed by atoms with E-state index >= 15 is 0 Å². The maximum atomic E-state index is 5.25. The summed E-state index contributed by atoms with van der Waals surface area (Å²) < 4.78 is 20.3. The van der Waals surface area contributed by atoms with E-state index in [-0.39, 0.29) is 0 Å². The molecule has 1 rings (SSSR count). The average Bonchev–Trinajstić information content (AvgIpc) is 2.93. The highest BCUT2D eigenvalue weighted by Crippen LogP contribution is 2.07. The Morgan fingerprint density at radius 1 is 1.23 bits per heavy atom. The van der Waals surface area contributed by atoms with E-state index in [1.54, 1.807) is 0 Å². The fraction of sp³-hybridized carbons (Fsp3) is 0.778. The molecule has 1 unspecified atom stereocenters. The third kappa shape index (κ3) is 6.57. The standard InChI is InChI=1S/C9H16O4/c1-2-10-3-4-11-5-6-12-7-9-8-13-9/h2,9H,1,3-8H2. The van der Waals surface area contributed by atoms with E-state index in [9.17, 15) is 0 Å². The molecular formula is C9H16O4. The highest BCUT2D eigenvalue weighted by molar-refractivity contribution is 4.66. The molecule has 4 heteroatoms. The predicted octanol–water partition coefficient (Wildman–Crippen LogP) is 0.578. The SMILES string of the molecule is C=COCCOCCOCC1CO1. The van der Waals surface area contributed by atoms with E-state index in [0.717, 1.165) is 6.61 Å². The molecular weight excluding hydrogens is 172 g/mol. The Labute approximate surface area is 78.4 Å². The highest BCUT2D eigenvalue weighted by atomic mass is 16.6. The Morgan fingerprint density at radius 3 is 2.62 bits per heavy atom. The molecule has 0 bridgehead atoms. The lowest BCUT2D eigenvalue weighted by Crippen LogP contribution is -2.10. The van der Waals surface area contributed by atoms with Gasteiger partial charge in [-0.05, 0) is 0 Å². The van der Waals surface area contributed by atoms with E-state index in [1.165, 1.54) is 6.26 Å². The van der Waals surface area contributed by atoms with Crippen molar-refractivity contribution in [1.29, 1.82) is 0 Å². The number of ether oxygens (including phenoxy) is 4. The van der Waals surface area contributed by atoms with Gasteiger partial charge in [0.25, 0.3) is 0 Å². The molecule has 0 aromatic rings. The molecule has 4 nitrogen and oxygen atoms in total. The molecule has 0 aliphatic carbocycles. The van der Waals surface area contributed by atoms with Crippen molar-refractivity contribution in [2.75, 3.05) is 39.6 Å². The van der Waals surface area contributed by atoms with Gasteiger partial charge in [0.1, 0.15) is 12.7 Å². The van der Waals surface area contributed by atoms with Gasteiger partial charge in [-0.15, -0.1) is 0 Å². The van der Waals surface area contributed by atoms with Gasteiger partial charge >= 0.3 is 0 Å². The first-order valence-electron chi connectivity index (χ1n) is 4.43. The first-order valence-corrected chi connectivity index (χ1v) is 4.43. The van der Waals surface area contributed by atoms with Crippen molar-refractivity contribution in [2.45, 2.75) is 6.10 Å². The van der Waals surface area contributed by atoms with Crippen molar-refractivity contribution in [3.8, 4) is 0 Å². The number of hydrogen-bond donors (Lipinski definition) is 0. The van der Waals surface area contributed by atoms with Crippen LogP contribution in [0.3, 0.4) is 0 Å². The van der Waals surface area contributed by atoms with Crippen LogP contribution in [-0.4, -0.2) is 45.7 Å². The van der Waals surface area contributed by atoms with Crippen molar-refractivity contribution in [3.05, 3.63) is 12.8 Å². The van der Waals surface area contributed by atoms with Crippen LogP contribution in [0.1, 0.15) is 0 Å². The summed E-state index contributed by atoms with van der Waals surface area (Å²) in [6.45, 7) is 7.30. The molecule has 0 radical (unpaired) electrons. The van der Waals surface area contributed by atoms with Crippen LogP contribution in [0.5, 0.6) is 0 Å². The summed E-state index contributed by atoms with van der Waals surface area (Å²) in [5, 5.41) is 0. The maximum Gasteiger partial charge on any atom is 0.111 e. The Morgan fingerprint density at radius 2 is 1.92 bits per heavy atom. The van der Waals surface area contributed by atoms with Gasteiger partial charge in [0.15, 0.2) is 0 Å². The van der Waals surface area contributed by atoms with E-state index in [0.29, 0.717) is 39.1 Å². The maximum absolute atomic E-state index is 5.25. The summed E-state index contributed by atoms with van der Waals surface area (Å²) in [6, 6.07) is 0. The van der Waals surface area contributed by atoms with E-state index in [4.69, 9.17) is 18.9 Å². The first kappa shape index (κ1) is 10.5. The summed E-state index contributed by atoms with van der Waals surface area (Å²) in [5.41, 5.74) is 0. The fourth-order valence-electron chi connectivity index (χ4n) is 0.789. The smallest absolute Gasteiger partial charge is 0.111 e. The van der Waals surface area contributed by atoms with Gasteiger partial charge in [-0.2, -0.15) is 0 Å². The van der Waals surface area contributed by atoms with E-state index in [1.807, 2.05) is 0 Å². The van der Waals surface area contributed by atoms with Crippen LogP contribution < -0.4 is 0 Å². The summed E-state index contributed by atoms with van der Waals surface area (Å²) in [5.74, 6) is 0. The molecule has 0 aromatic heterocycles. The van der Waals surface area contributed by atoms with Crippen LogP contribution in [0.2, 0.25) is 0 Å². The molecule has 0 spiro atoms. The van der Waals surface area contributed by atoms with Gasteiger partial charge in [0, 0.05) is 0 Å². The van der Waals surface area contributed by atoms with Crippen LogP contribution in [0.4, 0.5) is 0 Å². The summed E-state index contributed by atoms with van der Waals surface area (Å²) in [4.78, 5) is 0. The molecule has 0 aromatic carbocycles. The van der Waals surface area contributed by atoms with Gasteiger partial charge < -0.3 is 18.9 Å². The largest absolute Gasteiger partial charge is 0.499 e.